The van der Waals surface area contributed by atoms with Crippen molar-refractivity contribution in [3.05, 3.63) is 48.1 Å². The fourth-order valence-electron chi connectivity index (χ4n) is 1.13. The second-order valence-corrected chi connectivity index (χ2v) is 4.14. The third-order valence-corrected chi connectivity index (χ3v) is 2.65. The van der Waals surface area contributed by atoms with Crippen molar-refractivity contribution in [1.82, 2.24) is 19.9 Å². The summed E-state index contributed by atoms with van der Waals surface area (Å²) in [6.45, 7) is 1.99. The highest BCUT2D eigenvalue weighted by atomic mass is 32.1. The molecule has 3 heterocycles. The number of aromatic nitrogens is 4. The van der Waals surface area contributed by atoms with Gasteiger partial charge in [0.15, 0.2) is 0 Å². The summed E-state index contributed by atoms with van der Waals surface area (Å²) in [6, 6.07) is 3.88. The Bertz CT molecular complexity index is 490. The zero-order valence-electron chi connectivity index (χ0n) is 8.74. The number of aryl methyl sites for hydroxylation is 1. The SMILES string of the molecule is Cc1nc2cccnc2s1.c1cnccn1. The molecule has 0 amide bonds. The van der Waals surface area contributed by atoms with Gasteiger partial charge in [0.05, 0.1) is 5.01 Å². The van der Waals surface area contributed by atoms with Gasteiger partial charge in [0.2, 0.25) is 0 Å². The van der Waals surface area contributed by atoms with E-state index in [-0.39, 0.29) is 0 Å². The summed E-state index contributed by atoms with van der Waals surface area (Å²) in [4.78, 5) is 16.9. The molecule has 0 radical (unpaired) electrons. The predicted molar refractivity (Wildman–Crippen MR) is 64.2 cm³/mol. The molecule has 0 aliphatic carbocycles. The third-order valence-electron chi connectivity index (χ3n) is 1.75. The normalized spacial score (nSPS) is 9.56. The largest absolute Gasteiger partial charge is 0.262 e. The van der Waals surface area contributed by atoms with Gasteiger partial charge >= 0.3 is 0 Å². The van der Waals surface area contributed by atoms with Gasteiger partial charge < -0.3 is 0 Å². The van der Waals surface area contributed by atoms with Gasteiger partial charge in [-0.1, -0.05) is 11.3 Å². The zero-order valence-corrected chi connectivity index (χ0v) is 9.56. The Kier molecular flexibility index (Phi) is 3.50. The number of hydrogen-bond donors (Lipinski definition) is 0. The summed E-state index contributed by atoms with van der Waals surface area (Å²) in [7, 11) is 0. The van der Waals surface area contributed by atoms with E-state index >= 15 is 0 Å². The lowest BCUT2D eigenvalue weighted by Crippen LogP contribution is -1.69. The Labute approximate surface area is 97.1 Å². The number of nitrogens with zero attached hydrogens (tertiary/aromatic N) is 4. The lowest BCUT2D eigenvalue weighted by atomic mass is 10.5. The minimum absolute atomic E-state index is 1.00. The molecule has 4 nitrogen and oxygen atoms in total. The minimum atomic E-state index is 1.00. The number of fused-ring (bicyclic) bond motifs is 1. The van der Waals surface area contributed by atoms with E-state index in [1.54, 1.807) is 42.3 Å². The first kappa shape index (κ1) is 10.6. The fourth-order valence-corrected chi connectivity index (χ4v) is 1.89. The molecule has 0 aromatic carbocycles. The average molecular weight is 230 g/mol. The quantitative estimate of drug-likeness (QED) is 0.595. The van der Waals surface area contributed by atoms with Crippen LogP contribution in [-0.2, 0) is 0 Å². The van der Waals surface area contributed by atoms with Crippen molar-refractivity contribution in [3.63, 3.8) is 0 Å². The van der Waals surface area contributed by atoms with Gasteiger partial charge in [-0.05, 0) is 19.1 Å². The molecule has 0 N–H and O–H groups in total. The maximum absolute atomic E-state index is 4.27. The number of rotatable bonds is 0. The maximum Gasteiger partial charge on any atom is 0.143 e. The smallest absolute Gasteiger partial charge is 0.143 e. The summed E-state index contributed by atoms with van der Waals surface area (Å²) >= 11 is 1.63. The average Bonchev–Trinajstić information content (AvgIpc) is 2.72. The van der Waals surface area contributed by atoms with Crippen molar-refractivity contribution in [1.29, 1.82) is 0 Å². The van der Waals surface area contributed by atoms with Crippen molar-refractivity contribution < 1.29 is 0 Å². The maximum atomic E-state index is 4.27. The Hall–Kier alpha value is -1.88. The van der Waals surface area contributed by atoms with E-state index in [9.17, 15) is 0 Å². The number of thiazole rings is 1. The van der Waals surface area contributed by atoms with Crippen LogP contribution in [0.2, 0.25) is 0 Å². The van der Waals surface area contributed by atoms with Gasteiger partial charge in [-0.2, -0.15) is 0 Å². The molecule has 0 bridgehead atoms. The second-order valence-electron chi connectivity index (χ2n) is 2.95. The molecule has 0 saturated heterocycles. The lowest BCUT2D eigenvalue weighted by Gasteiger charge is -1.80. The van der Waals surface area contributed by atoms with Gasteiger partial charge in [-0.25, -0.2) is 9.97 Å². The molecule has 3 aromatic rings. The third kappa shape index (κ3) is 2.80. The van der Waals surface area contributed by atoms with Crippen LogP contribution in [0, 0.1) is 6.92 Å². The van der Waals surface area contributed by atoms with E-state index in [0.717, 1.165) is 15.4 Å². The molecule has 0 fully saturated rings. The molecule has 3 aromatic heterocycles. The lowest BCUT2D eigenvalue weighted by molar-refractivity contribution is 1.20. The van der Waals surface area contributed by atoms with Crippen LogP contribution in [0.3, 0.4) is 0 Å². The molecule has 0 saturated carbocycles. The van der Waals surface area contributed by atoms with E-state index in [1.807, 2.05) is 19.1 Å². The summed E-state index contributed by atoms with van der Waals surface area (Å²) in [5.41, 5.74) is 1.00. The molecule has 5 heteroatoms. The van der Waals surface area contributed by atoms with Crippen LogP contribution in [-0.4, -0.2) is 19.9 Å². The van der Waals surface area contributed by atoms with Crippen LogP contribution >= 0.6 is 11.3 Å². The Balaban J connectivity index is 0.000000138. The second kappa shape index (κ2) is 5.27. The van der Waals surface area contributed by atoms with Gasteiger partial charge in [-0.3, -0.25) is 9.97 Å². The minimum Gasteiger partial charge on any atom is -0.262 e. The van der Waals surface area contributed by atoms with Gasteiger partial charge in [0.25, 0.3) is 0 Å². The standard InChI is InChI=1S/C7H6N2S.C4H4N2/c1-5-9-6-3-2-4-8-7(6)10-5;1-2-6-4-3-5-1/h2-4H,1H3;1-4H. The van der Waals surface area contributed by atoms with E-state index in [4.69, 9.17) is 0 Å². The first-order chi connectivity index (χ1) is 7.86. The van der Waals surface area contributed by atoms with Crippen molar-refractivity contribution in [2.24, 2.45) is 0 Å². The zero-order chi connectivity index (χ0) is 11.2. The summed E-state index contributed by atoms with van der Waals surface area (Å²) in [6.07, 6.45) is 8.35. The monoisotopic (exact) mass is 230 g/mol. The molecular formula is C11H10N4S. The molecule has 0 spiro atoms. The summed E-state index contributed by atoms with van der Waals surface area (Å²) < 4.78 is 0. The summed E-state index contributed by atoms with van der Waals surface area (Å²) in [5, 5.41) is 1.08. The van der Waals surface area contributed by atoms with Crippen molar-refractivity contribution in [2.45, 2.75) is 6.92 Å². The molecule has 0 atom stereocenters. The summed E-state index contributed by atoms with van der Waals surface area (Å²) in [5.74, 6) is 0. The van der Waals surface area contributed by atoms with Crippen LogP contribution < -0.4 is 0 Å². The van der Waals surface area contributed by atoms with Crippen LogP contribution in [0.15, 0.2) is 43.1 Å². The van der Waals surface area contributed by atoms with Crippen molar-refractivity contribution in [2.75, 3.05) is 0 Å². The molecule has 0 aliphatic rings. The molecule has 80 valence electrons. The first-order valence-corrected chi connectivity index (χ1v) is 5.56. The van der Waals surface area contributed by atoms with Crippen LogP contribution in [0.25, 0.3) is 10.3 Å². The predicted octanol–water partition coefficient (Wildman–Crippen LogP) is 2.48. The van der Waals surface area contributed by atoms with E-state index < -0.39 is 0 Å². The molecule has 16 heavy (non-hydrogen) atoms. The van der Waals surface area contributed by atoms with E-state index in [1.165, 1.54) is 0 Å². The van der Waals surface area contributed by atoms with E-state index in [0.29, 0.717) is 0 Å². The van der Waals surface area contributed by atoms with Crippen LogP contribution in [0.1, 0.15) is 5.01 Å². The Morgan fingerprint density at radius 1 is 1.00 bits per heavy atom. The highest BCUT2D eigenvalue weighted by Gasteiger charge is 1.97. The van der Waals surface area contributed by atoms with Gasteiger partial charge in [-0.15, -0.1) is 0 Å². The number of pyridine rings is 1. The fraction of sp³-hybridized carbons (Fsp3) is 0.0909. The highest BCUT2D eigenvalue weighted by Crippen LogP contribution is 2.17. The molecule has 3 rings (SSSR count). The van der Waals surface area contributed by atoms with Gasteiger partial charge in [0.1, 0.15) is 10.3 Å². The van der Waals surface area contributed by atoms with Crippen molar-refractivity contribution >= 4 is 21.7 Å². The Morgan fingerprint density at radius 3 is 2.25 bits per heavy atom. The highest BCUT2D eigenvalue weighted by molar-refractivity contribution is 7.18. The van der Waals surface area contributed by atoms with Crippen LogP contribution in [0.4, 0.5) is 0 Å². The molecular weight excluding hydrogens is 220 g/mol. The number of hydrogen-bond acceptors (Lipinski definition) is 5. The van der Waals surface area contributed by atoms with E-state index in [2.05, 4.69) is 19.9 Å². The molecule has 0 unspecified atom stereocenters. The topological polar surface area (TPSA) is 51.6 Å². The van der Waals surface area contributed by atoms with Crippen molar-refractivity contribution in [3.8, 4) is 0 Å². The first-order valence-electron chi connectivity index (χ1n) is 4.74. The Morgan fingerprint density at radius 2 is 1.69 bits per heavy atom. The van der Waals surface area contributed by atoms with Gasteiger partial charge in [0, 0.05) is 31.0 Å². The van der Waals surface area contributed by atoms with Crippen LogP contribution in [0.5, 0.6) is 0 Å². The molecule has 0 aliphatic heterocycles.